The number of methoxy groups -OCH3 is 1. The first kappa shape index (κ1) is 23.4. The van der Waals surface area contributed by atoms with Gasteiger partial charge in [-0.1, -0.05) is 33.6 Å². The van der Waals surface area contributed by atoms with E-state index in [9.17, 15) is 13.2 Å². The molecular formula is C20H34N2O4S. The van der Waals surface area contributed by atoms with Crippen molar-refractivity contribution in [2.75, 3.05) is 26.7 Å². The average Bonchev–Trinajstić information content (AvgIpc) is 2.64. The zero-order chi connectivity index (χ0) is 20.6. The van der Waals surface area contributed by atoms with Gasteiger partial charge in [-0.25, -0.2) is 8.42 Å². The van der Waals surface area contributed by atoms with Gasteiger partial charge in [0, 0.05) is 31.2 Å². The van der Waals surface area contributed by atoms with Crippen LogP contribution in [0.1, 0.15) is 64.2 Å². The van der Waals surface area contributed by atoms with E-state index in [4.69, 9.17) is 4.74 Å². The summed E-state index contributed by atoms with van der Waals surface area (Å²) in [4.78, 5) is 14.9. The molecule has 0 heterocycles. The Labute approximate surface area is 164 Å². The molecule has 0 unspecified atom stereocenters. The highest BCUT2D eigenvalue weighted by Gasteiger charge is 2.28. The van der Waals surface area contributed by atoms with Crippen LogP contribution in [-0.4, -0.2) is 56.3 Å². The van der Waals surface area contributed by atoms with Gasteiger partial charge in [0.25, 0.3) is 5.91 Å². The van der Waals surface area contributed by atoms with Gasteiger partial charge >= 0.3 is 0 Å². The quantitative estimate of drug-likeness (QED) is 0.532. The van der Waals surface area contributed by atoms with Gasteiger partial charge in [0.2, 0.25) is 10.0 Å². The lowest BCUT2D eigenvalue weighted by Gasteiger charge is -2.27. The SMILES string of the molecule is CCCCCN(C(=O)c1ccc(OC)c(S(=O)(=O)N(CC)CC)c1)C(C)C. The Bertz CT molecular complexity index is 713. The smallest absolute Gasteiger partial charge is 0.254 e. The molecule has 0 bridgehead atoms. The molecule has 1 aromatic carbocycles. The Balaban J connectivity index is 3.32. The zero-order valence-electron chi connectivity index (χ0n) is 17.5. The summed E-state index contributed by atoms with van der Waals surface area (Å²) in [6.45, 7) is 11.0. The van der Waals surface area contributed by atoms with E-state index in [2.05, 4.69) is 6.92 Å². The molecule has 0 saturated carbocycles. The molecule has 0 atom stereocenters. The number of ether oxygens (including phenoxy) is 1. The van der Waals surface area contributed by atoms with E-state index in [0.29, 0.717) is 25.2 Å². The molecule has 0 aliphatic carbocycles. The van der Waals surface area contributed by atoms with Gasteiger partial charge in [0.1, 0.15) is 10.6 Å². The van der Waals surface area contributed by atoms with Gasteiger partial charge in [0.15, 0.2) is 0 Å². The summed E-state index contributed by atoms with van der Waals surface area (Å²) < 4.78 is 32.6. The molecular weight excluding hydrogens is 364 g/mol. The summed E-state index contributed by atoms with van der Waals surface area (Å²) in [5, 5.41) is 0. The number of amides is 1. The average molecular weight is 399 g/mol. The van der Waals surface area contributed by atoms with Crippen molar-refractivity contribution in [1.82, 2.24) is 9.21 Å². The standard InChI is InChI=1S/C20H34N2O4S/c1-7-10-11-14-22(16(4)5)20(23)17-12-13-18(26-6)19(15-17)27(24,25)21(8-2)9-3/h12-13,15-16H,7-11,14H2,1-6H3. The first-order valence-electron chi connectivity index (χ1n) is 9.73. The van der Waals surface area contributed by atoms with Crippen molar-refractivity contribution in [3.63, 3.8) is 0 Å². The van der Waals surface area contributed by atoms with Crippen LogP contribution in [0.5, 0.6) is 5.75 Å². The minimum atomic E-state index is -3.73. The van der Waals surface area contributed by atoms with E-state index < -0.39 is 10.0 Å². The van der Waals surface area contributed by atoms with Crippen LogP contribution in [0.25, 0.3) is 0 Å². The van der Waals surface area contributed by atoms with Crippen LogP contribution in [0.2, 0.25) is 0 Å². The highest BCUT2D eigenvalue weighted by Crippen LogP contribution is 2.28. The fourth-order valence-electron chi connectivity index (χ4n) is 3.01. The van der Waals surface area contributed by atoms with Gasteiger partial charge < -0.3 is 9.64 Å². The molecule has 6 nitrogen and oxygen atoms in total. The lowest BCUT2D eigenvalue weighted by molar-refractivity contribution is 0.0702. The van der Waals surface area contributed by atoms with Gasteiger partial charge in [-0.2, -0.15) is 4.31 Å². The van der Waals surface area contributed by atoms with Crippen LogP contribution in [0.3, 0.4) is 0 Å². The maximum absolute atomic E-state index is 13.0. The highest BCUT2D eigenvalue weighted by molar-refractivity contribution is 7.89. The van der Waals surface area contributed by atoms with Crippen molar-refractivity contribution < 1.29 is 17.9 Å². The Morgan fingerprint density at radius 1 is 1.11 bits per heavy atom. The fourth-order valence-corrected chi connectivity index (χ4v) is 4.65. The van der Waals surface area contributed by atoms with E-state index >= 15 is 0 Å². The fraction of sp³-hybridized carbons (Fsp3) is 0.650. The number of nitrogens with zero attached hydrogens (tertiary/aromatic N) is 2. The third kappa shape index (κ3) is 5.69. The van der Waals surface area contributed by atoms with Crippen molar-refractivity contribution >= 4 is 15.9 Å². The van der Waals surface area contributed by atoms with Crippen LogP contribution in [0.4, 0.5) is 0 Å². The monoisotopic (exact) mass is 398 g/mol. The molecule has 0 saturated heterocycles. The molecule has 1 aromatic rings. The Hall–Kier alpha value is -1.60. The van der Waals surface area contributed by atoms with Crippen molar-refractivity contribution in [2.24, 2.45) is 0 Å². The second-order valence-corrected chi connectivity index (χ2v) is 8.66. The van der Waals surface area contributed by atoms with E-state index in [1.54, 1.807) is 30.9 Å². The Morgan fingerprint density at radius 3 is 2.22 bits per heavy atom. The van der Waals surface area contributed by atoms with E-state index in [1.807, 2.05) is 13.8 Å². The van der Waals surface area contributed by atoms with Crippen LogP contribution in [-0.2, 0) is 10.0 Å². The summed E-state index contributed by atoms with van der Waals surface area (Å²) in [7, 11) is -2.30. The van der Waals surface area contributed by atoms with Crippen LogP contribution in [0.15, 0.2) is 23.1 Å². The van der Waals surface area contributed by atoms with Crippen molar-refractivity contribution in [1.29, 1.82) is 0 Å². The number of sulfonamides is 1. The number of hydrogen-bond donors (Lipinski definition) is 0. The molecule has 154 valence electrons. The minimum Gasteiger partial charge on any atom is -0.495 e. The largest absolute Gasteiger partial charge is 0.495 e. The van der Waals surface area contributed by atoms with Crippen LogP contribution in [0, 0.1) is 0 Å². The number of rotatable bonds is 11. The number of benzene rings is 1. The van der Waals surface area contributed by atoms with E-state index in [-0.39, 0.29) is 22.6 Å². The molecule has 1 rings (SSSR count). The topological polar surface area (TPSA) is 66.9 Å². The van der Waals surface area contributed by atoms with Crippen molar-refractivity contribution in [2.45, 2.75) is 64.8 Å². The molecule has 27 heavy (non-hydrogen) atoms. The predicted molar refractivity (Wildman–Crippen MR) is 109 cm³/mol. The van der Waals surface area contributed by atoms with E-state index in [1.165, 1.54) is 17.5 Å². The predicted octanol–water partition coefficient (Wildman–Crippen LogP) is 3.77. The van der Waals surface area contributed by atoms with Crippen LogP contribution < -0.4 is 4.74 Å². The first-order valence-corrected chi connectivity index (χ1v) is 11.2. The second-order valence-electron chi connectivity index (χ2n) is 6.75. The highest BCUT2D eigenvalue weighted by atomic mass is 32.2. The molecule has 0 N–H and O–H groups in total. The zero-order valence-corrected chi connectivity index (χ0v) is 18.3. The molecule has 0 aromatic heterocycles. The van der Waals surface area contributed by atoms with Crippen molar-refractivity contribution in [3.05, 3.63) is 23.8 Å². The van der Waals surface area contributed by atoms with E-state index in [0.717, 1.165) is 19.3 Å². The molecule has 7 heteroatoms. The summed E-state index contributed by atoms with van der Waals surface area (Å²) in [6.07, 6.45) is 3.07. The maximum Gasteiger partial charge on any atom is 0.254 e. The van der Waals surface area contributed by atoms with Gasteiger partial charge in [-0.3, -0.25) is 4.79 Å². The number of carbonyl (C=O) groups excluding carboxylic acids is 1. The van der Waals surface area contributed by atoms with Gasteiger partial charge in [0.05, 0.1) is 7.11 Å². The van der Waals surface area contributed by atoms with Gasteiger partial charge in [-0.05, 0) is 38.5 Å². The third-order valence-corrected chi connectivity index (χ3v) is 6.69. The minimum absolute atomic E-state index is 0.0387. The van der Waals surface area contributed by atoms with Gasteiger partial charge in [-0.15, -0.1) is 0 Å². The Morgan fingerprint density at radius 2 is 1.74 bits per heavy atom. The summed E-state index contributed by atoms with van der Waals surface area (Å²) in [5.74, 6) is 0.0975. The number of carbonyl (C=O) groups is 1. The van der Waals surface area contributed by atoms with Crippen molar-refractivity contribution in [3.8, 4) is 5.75 Å². The summed E-state index contributed by atoms with van der Waals surface area (Å²) in [5.41, 5.74) is 0.367. The lowest BCUT2D eigenvalue weighted by Crippen LogP contribution is -2.38. The molecule has 0 fully saturated rings. The molecule has 0 radical (unpaired) electrons. The molecule has 0 aliphatic heterocycles. The molecule has 1 amide bonds. The molecule has 0 aliphatic rings. The molecule has 0 spiro atoms. The maximum atomic E-state index is 13.0. The number of hydrogen-bond acceptors (Lipinski definition) is 4. The lowest BCUT2D eigenvalue weighted by atomic mass is 10.1. The normalized spacial score (nSPS) is 11.9. The second kappa shape index (κ2) is 10.7. The summed E-state index contributed by atoms with van der Waals surface area (Å²) >= 11 is 0. The number of unbranched alkanes of at least 4 members (excludes halogenated alkanes) is 2. The van der Waals surface area contributed by atoms with Crippen LogP contribution >= 0.6 is 0 Å². The third-order valence-electron chi connectivity index (χ3n) is 4.62. The summed E-state index contributed by atoms with van der Waals surface area (Å²) in [6, 6.07) is 4.69. The first-order chi connectivity index (χ1) is 12.7. The Kier molecular flexibility index (Phi) is 9.26.